The van der Waals surface area contributed by atoms with E-state index in [1.807, 2.05) is 15.6 Å². The summed E-state index contributed by atoms with van der Waals surface area (Å²) in [4.78, 5) is 0. The number of halogens is 2. The summed E-state index contributed by atoms with van der Waals surface area (Å²) in [6.07, 6.45) is 4.70. The number of rotatable bonds is 7. The second-order valence-electron chi connectivity index (χ2n) is 4.58. The molecular weight excluding hydrogens is 342 g/mol. The molecule has 0 aliphatic carbocycles. The molecule has 2 aromatic heterocycles. The van der Waals surface area contributed by atoms with Crippen LogP contribution in [0.4, 0.5) is 0 Å². The molecule has 0 radical (unpaired) electrons. The summed E-state index contributed by atoms with van der Waals surface area (Å²) >= 11 is 9.34. The van der Waals surface area contributed by atoms with Gasteiger partial charge in [-0.2, -0.15) is 5.10 Å². The van der Waals surface area contributed by atoms with E-state index >= 15 is 0 Å². The molecule has 0 amide bonds. The van der Waals surface area contributed by atoms with Crippen molar-refractivity contribution >= 4 is 27.5 Å². The van der Waals surface area contributed by atoms with Crippen molar-refractivity contribution < 1.29 is 0 Å². The Hall–Kier alpha value is -0.880. The van der Waals surface area contributed by atoms with Crippen molar-refractivity contribution in [2.45, 2.75) is 46.2 Å². The summed E-state index contributed by atoms with van der Waals surface area (Å²) in [5.74, 6) is 0.654. The van der Waals surface area contributed by atoms with Crippen LogP contribution in [0.3, 0.4) is 0 Å². The zero-order valence-electron chi connectivity index (χ0n) is 11.8. The minimum absolute atomic E-state index is 0.654. The fourth-order valence-electron chi connectivity index (χ4n) is 2.10. The van der Waals surface area contributed by atoms with E-state index < -0.39 is 0 Å². The summed E-state index contributed by atoms with van der Waals surface area (Å²) in [6.45, 7) is 5.73. The number of hydrogen-bond donors (Lipinski definition) is 0. The van der Waals surface area contributed by atoms with Crippen LogP contribution < -0.4 is 0 Å². The maximum Gasteiger partial charge on any atom is 0.0857 e. The maximum atomic E-state index is 5.69. The molecule has 2 aromatic rings. The number of nitrogens with zero attached hydrogens (tertiary/aromatic N) is 5. The average molecular weight is 361 g/mol. The second kappa shape index (κ2) is 7.22. The van der Waals surface area contributed by atoms with Crippen LogP contribution in [0, 0.1) is 0 Å². The van der Waals surface area contributed by atoms with E-state index in [0.717, 1.165) is 47.4 Å². The van der Waals surface area contributed by atoms with Crippen molar-refractivity contribution in [1.29, 1.82) is 0 Å². The molecule has 0 aliphatic rings. The average Bonchev–Trinajstić information content (AvgIpc) is 3.03. The molecule has 0 aliphatic heterocycles. The first kappa shape index (κ1) is 15.5. The number of aromatic nitrogens is 5. The fraction of sp³-hybridized carbons (Fsp3) is 0.615. The van der Waals surface area contributed by atoms with Crippen molar-refractivity contribution in [1.82, 2.24) is 24.8 Å². The van der Waals surface area contributed by atoms with Gasteiger partial charge in [0.15, 0.2) is 0 Å². The SMILES string of the molecule is CCc1nn(CC)c(Cn2cc(CCCCl)nn2)c1Br. The van der Waals surface area contributed by atoms with Crippen molar-refractivity contribution in [3.8, 4) is 0 Å². The first-order valence-corrected chi connectivity index (χ1v) is 8.21. The fourth-order valence-corrected chi connectivity index (χ4v) is 2.92. The van der Waals surface area contributed by atoms with E-state index in [4.69, 9.17) is 11.6 Å². The van der Waals surface area contributed by atoms with Gasteiger partial charge in [0, 0.05) is 18.6 Å². The van der Waals surface area contributed by atoms with Crippen molar-refractivity contribution in [3.63, 3.8) is 0 Å². The smallest absolute Gasteiger partial charge is 0.0857 e. The standard InChI is InChI=1S/C13H19BrClN5/c1-3-11-13(14)12(20(4-2)17-11)9-19-8-10(16-18-19)6-5-7-15/h8H,3-7,9H2,1-2H3. The van der Waals surface area contributed by atoms with Crippen LogP contribution in [0.1, 0.15) is 37.4 Å². The zero-order valence-corrected chi connectivity index (χ0v) is 14.2. The molecule has 0 bridgehead atoms. The number of hydrogen-bond acceptors (Lipinski definition) is 3. The molecule has 0 saturated carbocycles. The highest BCUT2D eigenvalue weighted by molar-refractivity contribution is 9.10. The van der Waals surface area contributed by atoms with E-state index in [2.05, 4.69) is 45.2 Å². The predicted molar refractivity (Wildman–Crippen MR) is 83.1 cm³/mol. The van der Waals surface area contributed by atoms with Gasteiger partial charge in [-0.05, 0) is 42.1 Å². The topological polar surface area (TPSA) is 48.5 Å². The molecular formula is C13H19BrClN5. The zero-order chi connectivity index (χ0) is 14.5. The third-order valence-electron chi connectivity index (χ3n) is 3.16. The predicted octanol–water partition coefficient (Wildman–Crippen LogP) is 3.04. The van der Waals surface area contributed by atoms with Gasteiger partial charge in [0.1, 0.15) is 0 Å². The molecule has 0 saturated heterocycles. The monoisotopic (exact) mass is 359 g/mol. The van der Waals surface area contributed by atoms with Crippen molar-refractivity contribution in [2.24, 2.45) is 0 Å². The summed E-state index contributed by atoms with van der Waals surface area (Å²) in [5.41, 5.74) is 3.21. The van der Waals surface area contributed by atoms with Crippen molar-refractivity contribution in [2.75, 3.05) is 5.88 Å². The first-order valence-electron chi connectivity index (χ1n) is 6.88. The van der Waals surface area contributed by atoms with Crippen LogP contribution in [0.25, 0.3) is 0 Å². The molecule has 0 spiro atoms. The van der Waals surface area contributed by atoms with Gasteiger partial charge >= 0.3 is 0 Å². The molecule has 2 rings (SSSR count). The molecule has 0 unspecified atom stereocenters. The first-order chi connectivity index (χ1) is 9.69. The third-order valence-corrected chi connectivity index (χ3v) is 4.34. The Morgan fingerprint density at radius 2 is 2.15 bits per heavy atom. The van der Waals surface area contributed by atoms with Gasteiger partial charge in [0.2, 0.25) is 0 Å². The molecule has 0 aromatic carbocycles. The highest BCUT2D eigenvalue weighted by Crippen LogP contribution is 2.23. The van der Waals surface area contributed by atoms with Crippen LogP contribution in [-0.4, -0.2) is 30.7 Å². The lowest BCUT2D eigenvalue weighted by Gasteiger charge is -2.04. The van der Waals surface area contributed by atoms with Gasteiger partial charge in [-0.15, -0.1) is 16.7 Å². The lowest BCUT2D eigenvalue weighted by Crippen LogP contribution is -2.09. The number of aryl methyl sites for hydroxylation is 3. The van der Waals surface area contributed by atoms with Crippen LogP contribution in [0.15, 0.2) is 10.7 Å². The Bertz CT molecular complexity index is 563. The van der Waals surface area contributed by atoms with Crippen LogP contribution in [-0.2, 0) is 25.9 Å². The Balaban J connectivity index is 2.16. The molecule has 20 heavy (non-hydrogen) atoms. The summed E-state index contributed by atoms with van der Waals surface area (Å²) in [6, 6.07) is 0. The van der Waals surface area contributed by atoms with Gasteiger partial charge in [0.05, 0.1) is 28.1 Å². The Labute approximate surface area is 132 Å². The molecule has 7 heteroatoms. The van der Waals surface area contributed by atoms with Crippen LogP contribution in [0.5, 0.6) is 0 Å². The normalized spacial score (nSPS) is 11.2. The number of alkyl halides is 1. The van der Waals surface area contributed by atoms with Crippen molar-refractivity contribution in [3.05, 3.63) is 27.8 Å². The van der Waals surface area contributed by atoms with Gasteiger partial charge in [0.25, 0.3) is 0 Å². The highest BCUT2D eigenvalue weighted by atomic mass is 79.9. The summed E-state index contributed by atoms with van der Waals surface area (Å²) in [5, 5.41) is 12.9. The third kappa shape index (κ3) is 3.41. The van der Waals surface area contributed by atoms with E-state index in [0.29, 0.717) is 12.4 Å². The molecule has 0 fully saturated rings. The second-order valence-corrected chi connectivity index (χ2v) is 5.75. The Kier molecular flexibility index (Phi) is 5.60. The Morgan fingerprint density at radius 3 is 2.80 bits per heavy atom. The van der Waals surface area contributed by atoms with Gasteiger partial charge in [-0.3, -0.25) is 4.68 Å². The quantitative estimate of drug-likeness (QED) is 0.713. The molecule has 110 valence electrons. The molecule has 5 nitrogen and oxygen atoms in total. The maximum absolute atomic E-state index is 5.69. The molecule has 2 heterocycles. The Morgan fingerprint density at radius 1 is 1.35 bits per heavy atom. The van der Waals surface area contributed by atoms with Gasteiger partial charge < -0.3 is 0 Å². The summed E-state index contributed by atoms with van der Waals surface area (Å²) in [7, 11) is 0. The molecule has 0 atom stereocenters. The van der Waals surface area contributed by atoms with Gasteiger partial charge in [-0.25, -0.2) is 4.68 Å². The van der Waals surface area contributed by atoms with E-state index in [9.17, 15) is 0 Å². The highest BCUT2D eigenvalue weighted by Gasteiger charge is 2.14. The van der Waals surface area contributed by atoms with Gasteiger partial charge in [-0.1, -0.05) is 12.1 Å². The lowest BCUT2D eigenvalue weighted by atomic mass is 10.3. The minimum Gasteiger partial charge on any atom is -0.267 e. The largest absolute Gasteiger partial charge is 0.267 e. The van der Waals surface area contributed by atoms with E-state index in [1.165, 1.54) is 0 Å². The van der Waals surface area contributed by atoms with Crippen LogP contribution in [0.2, 0.25) is 0 Å². The van der Waals surface area contributed by atoms with Crippen LogP contribution >= 0.6 is 27.5 Å². The lowest BCUT2D eigenvalue weighted by molar-refractivity contribution is 0.562. The minimum atomic E-state index is 0.654. The van der Waals surface area contributed by atoms with E-state index in [1.54, 1.807) is 0 Å². The molecule has 0 N–H and O–H groups in total. The van der Waals surface area contributed by atoms with E-state index in [-0.39, 0.29) is 0 Å². The summed E-state index contributed by atoms with van der Waals surface area (Å²) < 4.78 is 4.96.